The molecule has 0 saturated carbocycles. The van der Waals surface area contributed by atoms with Crippen LogP contribution in [0.15, 0.2) is 4.52 Å². The van der Waals surface area contributed by atoms with Gasteiger partial charge in [-0.1, -0.05) is 5.16 Å². The molecule has 0 atom stereocenters. The summed E-state index contributed by atoms with van der Waals surface area (Å²) in [5, 5.41) is 7.20. The van der Waals surface area contributed by atoms with Gasteiger partial charge in [0, 0.05) is 33.3 Å². The van der Waals surface area contributed by atoms with Gasteiger partial charge in [0.05, 0.1) is 6.54 Å². The number of ether oxygens (including phenoxy) is 1. The van der Waals surface area contributed by atoms with Gasteiger partial charge in [0.2, 0.25) is 0 Å². The highest BCUT2D eigenvalue weighted by Crippen LogP contribution is 2.03. The summed E-state index contributed by atoms with van der Waals surface area (Å²) in [5.41, 5.74) is 0. The number of rotatable bonds is 4. The lowest BCUT2D eigenvalue weighted by Gasteiger charge is -2.25. The molecule has 0 aliphatic carbocycles. The molecule has 0 aromatic carbocycles. The summed E-state index contributed by atoms with van der Waals surface area (Å²) in [7, 11) is 1.61. The molecule has 84 valence electrons. The Kier molecular flexibility index (Phi) is 3.65. The van der Waals surface area contributed by atoms with E-state index in [2.05, 4.69) is 20.4 Å². The molecule has 1 aromatic heterocycles. The Morgan fingerprint density at radius 1 is 1.47 bits per heavy atom. The first-order valence-corrected chi connectivity index (χ1v) is 5.12. The lowest BCUT2D eigenvalue weighted by molar-refractivity contribution is 0.151. The average Bonchev–Trinajstić information content (AvgIpc) is 2.68. The fraction of sp³-hybridized carbons (Fsp3) is 0.778. The van der Waals surface area contributed by atoms with Crippen molar-refractivity contribution in [2.24, 2.45) is 0 Å². The zero-order chi connectivity index (χ0) is 10.5. The first-order valence-electron chi connectivity index (χ1n) is 5.12. The van der Waals surface area contributed by atoms with Gasteiger partial charge in [-0.3, -0.25) is 4.90 Å². The van der Waals surface area contributed by atoms with Gasteiger partial charge in [-0.15, -0.1) is 0 Å². The number of aromatic nitrogens is 2. The molecule has 0 bridgehead atoms. The highest BCUT2D eigenvalue weighted by molar-refractivity contribution is 4.86. The maximum Gasteiger partial charge on any atom is 0.252 e. The summed E-state index contributed by atoms with van der Waals surface area (Å²) < 4.78 is 9.93. The maximum absolute atomic E-state index is 5.02. The predicted octanol–water partition coefficient (Wildman–Crippen LogP) is -0.379. The van der Waals surface area contributed by atoms with Crippen LogP contribution in [-0.4, -0.2) is 48.3 Å². The van der Waals surface area contributed by atoms with Crippen molar-refractivity contribution in [2.75, 3.05) is 33.3 Å². The molecule has 2 heterocycles. The van der Waals surface area contributed by atoms with Gasteiger partial charge in [-0.25, -0.2) is 0 Å². The van der Waals surface area contributed by atoms with Crippen molar-refractivity contribution < 1.29 is 9.26 Å². The molecule has 6 nitrogen and oxygen atoms in total. The molecule has 1 aromatic rings. The van der Waals surface area contributed by atoms with E-state index in [0.717, 1.165) is 38.5 Å². The molecule has 0 radical (unpaired) electrons. The Morgan fingerprint density at radius 2 is 2.27 bits per heavy atom. The van der Waals surface area contributed by atoms with E-state index >= 15 is 0 Å². The zero-order valence-electron chi connectivity index (χ0n) is 8.90. The molecule has 0 amide bonds. The van der Waals surface area contributed by atoms with Crippen LogP contribution in [0.1, 0.15) is 11.7 Å². The SMILES string of the molecule is COCc1nc(CN2CCNCC2)no1. The van der Waals surface area contributed by atoms with Gasteiger partial charge in [0.1, 0.15) is 6.61 Å². The van der Waals surface area contributed by atoms with Crippen molar-refractivity contribution in [3.63, 3.8) is 0 Å². The van der Waals surface area contributed by atoms with Crippen LogP contribution in [0.5, 0.6) is 0 Å². The fourth-order valence-corrected chi connectivity index (χ4v) is 1.61. The van der Waals surface area contributed by atoms with Crippen LogP contribution < -0.4 is 5.32 Å². The molecule has 1 aliphatic rings. The highest BCUT2D eigenvalue weighted by atomic mass is 16.5. The third kappa shape index (κ3) is 2.98. The van der Waals surface area contributed by atoms with E-state index in [1.165, 1.54) is 0 Å². The molecule has 0 unspecified atom stereocenters. The van der Waals surface area contributed by atoms with Crippen molar-refractivity contribution in [3.8, 4) is 0 Å². The molecular weight excluding hydrogens is 196 g/mol. The quantitative estimate of drug-likeness (QED) is 0.734. The number of methoxy groups -OCH3 is 1. The van der Waals surface area contributed by atoms with Crippen molar-refractivity contribution in [1.29, 1.82) is 0 Å². The molecule has 1 fully saturated rings. The lowest BCUT2D eigenvalue weighted by Crippen LogP contribution is -2.43. The largest absolute Gasteiger partial charge is 0.375 e. The number of nitrogens with zero attached hydrogens (tertiary/aromatic N) is 3. The summed E-state index contributed by atoms with van der Waals surface area (Å²) in [6.45, 7) is 5.28. The van der Waals surface area contributed by atoms with E-state index in [0.29, 0.717) is 12.5 Å². The van der Waals surface area contributed by atoms with Crippen molar-refractivity contribution in [3.05, 3.63) is 11.7 Å². The van der Waals surface area contributed by atoms with Crippen LogP contribution in [-0.2, 0) is 17.9 Å². The van der Waals surface area contributed by atoms with Gasteiger partial charge in [0.15, 0.2) is 5.82 Å². The van der Waals surface area contributed by atoms with Crippen LogP contribution in [0.25, 0.3) is 0 Å². The van der Waals surface area contributed by atoms with Crippen LogP contribution in [0, 0.1) is 0 Å². The highest BCUT2D eigenvalue weighted by Gasteiger charge is 2.13. The second-order valence-corrected chi connectivity index (χ2v) is 3.56. The van der Waals surface area contributed by atoms with Gasteiger partial charge < -0.3 is 14.6 Å². The molecule has 6 heteroatoms. The minimum atomic E-state index is 0.383. The summed E-state index contributed by atoms with van der Waals surface area (Å²) in [6, 6.07) is 0. The van der Waals surface area contributed by atoms with Gasteiger partial charge in [-0.2, -0.15) is 4.98 Å². The Hall–Kier alpha value is -0.980. The van der Waals surface area contributed by atoms with E-state index in [1.807, 2.05) is 0 Å². The minimum absolute atomic E-state index is 0.383. The minimum Gasteiger partial charge on any atom is -0.375 e. The third-order valence-electron chi connectivity index (χ3n) is 2.35. The standard InChI is InChI=1S/C9H16N4O2/c1-14-7-9-11-8(12-15-9)6-13-4-2-10-3-5-13/h10H,2-7H2,1H3. The molecule has 1 saturated heterocycles. The summed E-state index contributed by atoms with van der Waals surface area (Å²) in [4.78, 5) is 6.53. The number of piperazine rings is 1. The van der Waals surface area contributed by atoms with E-state index in [9.17, 15) is 0 Å². The Bertz CT molecular complexity index is 296. The number of nitrogens with one attached hydrogen (secondary N) is 1. The van der Waals surface area contributed by atoms with Crippen molar-refractivity contribution >= 4 is 0 Å². The topological polar surface area (TPSA) is 63.4 Å². The first kappa shape index (κ1) is 10.5. The Balaban J connectivity index is 1.86. The number of hydrogen-bond donors (Lipinski definition) is 1. The van der Waals surface area contributed by atoms with Crippen molar-refractivity contribution in [2.45, 2.75) is 13.2 Å². The third-order valence-corrected chi connectivity index (χ3v) is 2.35. The smallest absolute Gasteiger partial charge is 0.252 e. The maximum atomic E-state index is 5.02. The molecule has 2 rings (SSSR count). The zero-order valence-corrected chi connectivity index (χ0v) is 8.90. The average molecular weight is 212 g/mol. The first-order chi connectivity index (χ1) is 7.38. The molecular formula is C9H16N4O2. The summed E-state index contributed by atoms with van der Waals surface area (Å²) >= 11 is 0. The molecule has 0 spiro atoms. The summed E-state index contributed by atoms with van der Waals surface area (Å²) in [6.07, 6.45) is 0. The van der Waals surface area contributed by atoms with E-state index in [-0.39, 0.29) is 0 Å². The second kappa shape index (κ2) is 5.20. The van der Waals surface area contributed by atoms with Crippen molar-refractivity contribution in [1.82, 2.24) is 20.4 Å². The normalized spacial score (nSPS) is 18.2. The molecule has 1 aliphatic heterocycles. The number of hydrogen-bond acceptors (Lipinski definition) is 6. The Morgan fingerprint density at radius 3 is 3.00 bits per heavy atom. The van der Waals surface area contributed by atoms with Gasteiger partial charge >= 0.3 is 0 Å². The van der Waals surface area contributed by atoms with E-state index in [4.69, 9.17) is 9.26 Å². The fourth-order valence-electron chi connectivity index (χ4n) is 1.61. The lowest BCUT2D eigenvalue weighted by atomic mass is 10.3. The van der Waals surface area contributed by atoms with E-state index in [1.54, 1.807) is 7.11 Å². The Labute approximate surface area is 88.6 Å². The monoisotopic (exact) mass is 212 g/mol. The van der Waals surface area contributed by atoms with Crippen LogP contribution in [0.3, 0.4) is 0 Å². The molecule has 15 heavy (non-hydrogen) atoms. The predicted molar refractivity (Wildman–Crippen MR) is 53.2 cm³/mol. The van der Waals surface area contributed by atoms with Crippen LogP contribution in [0.2, 0.25) is 0 Å². The molecule has 1 N–H and O–H groups in total. The van der Waals surface area contributed by atoms with Crippen LogP contribution in [0.4, 0.5) is 0 Å². The summed E-state index contributed by atoms with van der Waals surface area (Å²) in [5.74, 6) is 1.28. The van der Waals surface area contributed by atoms with E-state index < -0.39 is 0 Å². The van der Waals surface area contributed by atoms with Gasteiger partial charge in [0.25, 0.3) is 5.89 Å². The van der Waals surface area contributed by atoms with Gasteiger partial charge in [-0.05, 0) is 0 Å². The van der Waals surface area contributed by atoms with Crippen LogP contribution >= 0.6 is 0 Å². The second-order valence-electron chi connectivity index (χ2n) is 3.56.